The summed E-state index contributed by atoms with van der Waals surface area (Å²) in [5.74, 6) is -0.704. The van der Waals surface area contributed by atoms with Crippen molar-refractivity contribution in [3.63, 3.8) is 0 Å². The Bertz CT molecular complexity index is 707. The lowest BCUT2D eigenvalue weighted by atomic mass is 9.79. The molecular weight excluding hydrogens is 397 g/mol. The normalized spacial score (nSPS) is 25.4. The van der Waals surface area contributed by atoms with Crippen LogP contribution in [0, 0.1) is 18.3 Å². The average Bonchev–Trinajstić information content (AvgIpc) is 3.33. The topological polar surface area (TPSA) is 69.6 Å². The molecule has 2 aliphatic heterocycles. The van der Waals surface area contributed by atoms with Crippen molar-refractivity contribution in [2.75, 3.05) is 37.6 Å². The molecule has 9 heteroatoms. The number of piperidine rings is 1. The third-order valence-corrected chi connectivity index (χ3v) is 6.52. The maximum absolute atomic E-state index is 10.6. The summed E-state index contributed by atoms with van der Waals surface area (Å²) in [6.07, 6.45) is 4.84. The van der Waals surface area contributed by atoms with E-state index >= 15 is 0 Å². The highest BCUT2D eigenvalue weighted by Gasteiger charge is 2.42. The number of aliphatic carboxylic acids is 1. The smallest absolute Gasteiger partial charge is 0.475 e. The lowest BCUT2D eigenvalue weighted by molar-refractivity contribution is -0.192. The fourth-order valence-corrected chi connectivity index (χ4v) is 5.04. The minimum Gasteiger partial charge on any atom is -0.475 e. The highest BCUT2D eigenvalue weighted by molar-refractivity contribution is 5.73. The fraction of sp³-hybridized carbons (Fsp3) is 0.762. The first-order chi connectivity index (χ1) is 14.2. The average molecular weight is 428 g/mol. The predicted molar refractivity (Wildman–Crippen MR) is 107 cm³/mol. The van der Waals surface area contributed by atoms with Crippen molar-refractivity contribution in [1.29, 1.82) is 0 Å². The summed E-state index contributed by atoms with van der Waals surface area (Å²) < 4.78 is 31.7. The zero-order valence-electron chi connectivity index (χ0n) is 17.5. The van der Waals surface area contributed by atoms with Crippen LogP contribution >= 0.6 is 0 Å². The monoisotopic (exact) mass is 428 g/mol. The van der Waals surface area contributed by atoms with E-state index in [0.717, 1.165) is 24.0 Å². The highest BCUT2D eigenvalue weighted by atomic mass is 19.4. The molecule has 1 aromatic heterocycles. The van der Waals surface area contributed by atoms with Crippen LogP contribution < -0.4 is 4.90 Å². The maximum Gasteiger partial charge on any atom is 0.490 e. The summed E-state index contributed by atoms with van der Waals surface area (Å²) in [6.45, 7) is 8.29. The van der Waals surface area contributed by atoms with Crippen LogP contribution in [0.5, 0.6) is 0 Å². The minimum absolute atomic E-state index is 0.503. The lowest BCUT2D eigenvalue weighted by Crippen LogP contribution is -2.45. The van der Waals surface area contributed by atoms with Gasteiger partial charge in [-0.2, -0.15) is 18.3 Å². The van der Waals surface area contributed by atoms with E-state index in [4.69, 9.17) is 9.90 Å². The zero-order chi connectivity index (χ0) is 21.8. The van der Waals surface area contributed by atoms with E-state index in [1.807, 2.05) is 6.92 Å². The number of aromatic nitrogens is 2. The fourth-order valence-electron chi connectivity index (χ4n) is 5.04. The molecule has 0 radical (unpaired) electrons. The minimum atomic E-state index is -5.08. The van der Waals surface area contributed by atoms with Gasteiger partial charge in [0, 0.05) is 31.6 Å². The Morgan fingerprint density at radius 1 is 1.13 bits per heavy atom. The van der Waals surface area contributed by atoms with E-state index in [-0.39, 0.29) is 0 Å². The SMILES string of the molecule is Cc1ccc(N2CCCC3(CCN(CC4CCCC4)C3)C2)nn1.O=C(O)C(F)(F)F. The standard InChI is InChI=1S/C19H30N4.C2HF3O2/c1-16-7-8-18(21-20-16)23-11-4-9-19(15-23)10-12-22(14-19)13-17-5-2-3-6-17;3-2(4,5)1(6)7/h7-8,17H,2-6,9-15H2,1H3;(H,6,7). The number of carboxylic acids is 1. The molecule has 1 aliphatic carbocycles. The van der Waals surface area contributed by atoms with Crippen molar-refractivity contribution >= 4 is 11.8 Å². The molecule has 6 nitrogen and oxygen atoms in total. The second-order valence-corrected chi connectivity index (χ2v) is 9.00. The van der Waals surface area contributed by atoms with Gasteiger partial charge < -0.3 is 14.9 Å². The van der Waals surface area contributed by atoms with E-state index in [0.29, 0.717) is 5.41 Å². The maximum atomic E-state index is 10.6. The largest absolute Gasteiger partial charge is 0.490 e. The number of hydrogen-bond acceptors (Lipinski definition) is 5. The number of likely N-dealkylation sites (tertiary alicyclic amines) is 1. The Kier molecular flexibility index (Phi) is 7.21. The van der Waals surface area contributed by atoms with Crippen LogP contribution in [0.4, 0.5) is 19.0 Å². The Labute approximate surface area is 175 Å². The van der Waals surface area contributed by atoms with E-state index < -0.39 is 12.1 Å². The number of rotatable bonds is 3. The van der Waals surface area contributed by atoms with E-state index in [1.165, 1.54) is 71.1 Å². The molecule has 3 aliphatic rings. The van der Waals surface area contributed by atoms with Crippen LogP contribution in [0.1, 0.15) is 50.6 Å². The molecule has 30 heavy (non-hydrogen) atoms. The molecule has 0 bridgehead atoms. The number of anilines is 1. The van der Waals surface area contributed by atoms with Gasteiger partial charge in [0.25, 0.3) is 0 Å². The molecular formula is C21H31F3N4O2. The summed E-state index contributed by atoms with van der Waals surface area (Å²) >= 11 is 0. The van der Waals surface area contributed by atoms with Gasteiger partial charge in [0.2, 0.25) is 0 Å². The van der Waals surface area contributed by atoms with Gasteiger partial charge in [-0.3, -0.25) is 0 Å². The van der Waals surface area contributed by atoms with Crippen LogP contribution in [-0.2, 0) is 4.79 Å². The number of nitrogens with zero attached hydrogens (tertiary/aromatic N) is 4. The second-order valence-electron chi connectivity index (χ2n) is 9.00. The predicted octanol–water partition coefficient (Wildman–Crippen LogP) is 3.90. The number of carboxylic acid groups (broad SMARTS) is 1. The van der Waals surface area contributed by atoms with Crippen LogP contribution in [-0.4, -0.2) is 65.1 Å². The molecule has 2 saturated heterocycles. The number of carbonyl (C=O) groups is 1. The van der Waals surface area contributed by atoms with Gasteiger partial charge in [0.15, 0.2) is 5.82 Å². The molecule has 1 atom stereocenters. The third-order valence-electron chi connectivity index (χ3n) is 6.52. The Balaban J connectivity index is 0.000000318. The first-order valence-electron chi connectivity index (χ1n) is 10.7. The zero-order valence-corrected chi connectivity index (χ0v) is 17.5. The van der Waals surface area contributed by atoms with Crippen LogP contribution in [0.15, 0.2) is 12.1 Å². The Morgan fingerprint density at radius 2 is 1.83 bits per heavy atom. The van der Waals surface area contributed by atoms with Gasteiger partial charge in [-0.15, -0.1) is 5.10 Å². The molecule has 0 aromatic carbocycles. The van der Waals surface area contributed by atoms with E-state index in [2.05, 4.69) is 32.1 Å². The van der Waals surface area contributed by atoms with Crippen LogP contribution in [0.3, 0.4) is 0 Å². The molecule has 1 spiro atoms. The third kappa shape index (κ3) is 6.06. The van der Waals surface area contributed by atoms with Crippen molar-refractivity contribution in [2.24, 2.45) is 11.3 Å². The first kappa shape index (κ1) is 22.8. The summed E-state index contributed by atoms with van der Waals surface area (Å²) in [4.78, 5) is 14.1. The molecule has 1 N–H and O–H groups in total. The van der Waals surface area contributed by atoms with Crippen molar-refractivity contribution in [3.05, 3.63) is 17.8 Å². The molecule has 1 saturated carbocycles. The summed E-state index contributed by atoms with van der Waals surface area (Å²) in [6, 6.07) is 4.23. The molecule has 0 amide bonds. The Morgan fingerprint density at radius 3 is 2.43 bits per heavy atom. The van der Waals surface area contributed by atoms with Gasteiger partial charge >= 0.3 is 12.1 Å². The van der Waals surface area contributed by atoms with Gasteiger partial charge in [-0.1, -0.05) is 12.8 Å². The molecule has 168 valence electrons. The van der Waals surface area contributed by atoms with Gasteiger partial charge in [-0.25, -0.2) is 4.79 Å². The molecule has 1 unspecified atom stereocenters. The van der Waals surface area contributed by atoms with Crippen molar-refractivity contribution in [1.82, 2.24) is 15.1 Å². The second kappa shape index (κ2) is 9.49. The van der Waals surface area contributed by atoms with Crippen molar-refractivity contribution in [3.8, 4) is 0 Å². The number of aryl methyl sites for hydroxylation is 1. The van der Waals surface area contributed by atoms with Gasteiger partial charge in [-0.05, 0) is 63.6 Å². The summed E-state index contributed by atoms with van der Waals surface area (Å²) in [7, 11) is 0. The number of alkyl halides is 3. The van der Waals surface area contributed by atoms with Gasteiger partial charge in [0.05, 0.1) is 5.69 Å². The first-order valence-corrected chi connectivity index (χ1v) is 10.7. The number of hydrogen-bond donors (Lipinski definition) is 1. The van der Waals surface area contributed by atoms with Crippen LogP contribution in [0.2, 0.25) is 0 Å². The van der Waals surface area contributed by atoms with Crippen LogP contribution in [0.25, 0.3) is 0 Å². The Hall–Kier alpha value is -1.90. The quantitative estimate of drug-likeness (QED) is 0.788. The van der Waals surface area contributed by atoms with Gasteiger partial charge in [0.1, 0.15) is 0 Å². The van der Waals surface area contributed by atoms with Crippen molar-refractivity contribution < 1.29 is 23.1 Å². The molecule has 1 aromatic rings. The van der Waals surface area contributed by atoms with Crippen molar-refractivity contribution in [2.45, 2.75) is 58.0 Å². The van der Waals surface area contributed by atoms with E-state index in [1.54, 1.807) is 0 Å². The summed E-state index contributed by atoms with van der Waals surface area (Å²) in [5, 5.41) is 15.8. The van der Waals surface area contributed by atoms with E-state index in [9.17, 15) is 13.2 Å². The highest BCUT2D eigenvalue weighted by Crippen LogP contribution is 2.40. The summed E-state index contributed by atoms with van der Waals surface area (Å²) in [5.41, 5.74) is 1.51. The molecule has 3 fully saturated rings. The lowest BCUT2D eigenvalue weighted by Gasteiger charge is -2.41. The number of halogens is 3. The molecule has 3 heterocycles. The molecule has 4 rings (SSSR count).